The summed E-state index contributed by atoms with van der Waals surface area (Å²) in [6.45, 7) is 10.0. The van der Waals surface area contributed by atoms with E-state index >= 15 is 0 Å². The number of non-ortho nitro benzene ring substituents is 1. The lowest BCUT2D eigenvalue weighted by Gasteiger charge is -2.39. The molecule has 6 heteroatoms. The Balaban J connectivity index is 2.20. The van der Waals surface area contributed by atoms with Crippen molar-refractivity contribution in [2.24, 2.45) is 0 Å². The Bertz CT molecular complexity index is 488. The zero-order valence-electron chi connectivity index (χ0n) is 12.1. The zero-order chi connectivity index (χ0) is 14.9. The maximum atomic E-state index is 10.8. The van der Waals surface area contributed by atoms with Crippen molar-refractivity contribution in [1.82, 2.24) is 4.90 Å². The van der Waals surface area contributed by atoms with E-state index in [0.717, 1.165) is 37.4 Å². The summed E-state index contributed by atoms with van der Waals surface area (Å²) >= 11 is 6.25. The van der Waals surface area contributed by atoms with Crippen LogP contribution >= 0.6 is 11.6 Å². The summed E-state index contributed by atoms with van der Waals surface area (Å²) in [5.74, 6) is 0. The zero-order valence-corrected chi connectivity index (χ0v) is 12.9. The molecule has 5 nitrogen and oxygen atoms in total. The smallest absolute Gasteiger partial charge is 0.271 e. The van der Waals surface area contributed by atoms with Crippen molar-refractivity contribution < 1.29 is 4.92 Å². The molecule has 0 saturated carbocycles. The molecular formula is C14H20ClN3O2. The number of anilines is 1. The lowest BCUT2D eigenvalue weighted by atomic mass is 10.1. The van der Waals surface area contributed by atoms with E-state index in [4.69, 9.17) is 11.6 Å². The molecule has 20 heavy (non-hydrogen) atoms. The highest BCUT2D eigenvalue weighted by Gasteiger charge is 2.23. The van der Waals surface area contributed by atoms with Crippen molar-refractivity contribution in [2.75, 3.05) is 31.1 Å². The second kappa shape index (κ2) is 5.97. The number of nitrogens with zero attached hydrogens (tertiary/aromatic N) is 3. The van der Waals surface area contributed by atoms with Crippen LogP contribution in [0, 0.1) is 17.0 Å². The number of piperazine rings is 1. The standard InChI is InChI=1S/C14H20ClN3O2/c1-10(2)16-4-6-17(7-5-16)14-11(3)8-12(18(19)20)9-13(14)15/h8-10H,4-7H2,1-3H3. The quantitative estimate of drug-likeness (QED) is 0.635. The predicted octanol–water partition coefficient (Wildman–Crippen LogP) is 3.09. The lowest BCUT2D eigenvalue weighted by Crippen LogP contribution is -2.49. The van der Waals surface area contributed by atoms with Crippen LogP contribution in [-0.4, -0.2) is 42.0 Å². The van der Waals surface area contributed by atoms with E-state index < -0.39 is 4.92 Å². The average Bonchev–Trinajstić information content (AvgIpc) is 2.38. The highest BCUT2D eigenvalue weighted by Crippen LogP contribution is 2.34. The summed E-state index contributed by atoms with van der Waals surface area (Å²) in [5.41, 5.74) is 1.85. The summed E-state index contributed by atoms with van der Waals surface area (Å²) in [6.07, 6.45) is 0. The molecule has 1 aliphatic heterocycles. The molecular weight excluding hydrogens is 278 g/mol. The Kier molecular flexibility index (Phi) is 4.50. The van der Waals surface area contributed by atoms with Crippen LogP contribution in [0.2, 0.25) is 5.02 Å². The van der Waals surface area contributed by atoms with E-state index in [0.29, 0.717) is 11.1 Å². The Morgan fingerprint density at radius 2 is 1.85 bits per heavy atom. The summed E-state index contributed by atoms with van der Waals surface area (Å²) in [4.78, 5) is 15.1. The molecule has 1 saturated heterocycles. The van der Waals surface area contributed by atoms with Gasteiger partial charge in [-0.05, 0) is 26.3 Å². The Morgan fingerprint density at radius 1 is 1.25 bits per heavy atom. The number of halogens is 1. The van der Waals surface area contributed by atoms with Gasteiger partial charge in [0.1, 0.15) is 0 Å². The van der Waals surface area contributed by atoms with Gasteiger partial charge in [-0.3, -0.25) is 15.0 Å². The van der Waals surface area contributed by atoms with Gasteiger partial charge in [-0.15, -0.1) is 0 Å². The number of rotatable bonds is 3. The molecule has 1 heterocycles. The van der Waals surface area contributed by atoms with Crippen molar-refractivity contribution in [3.63, 3.8) is 0 Å². The monoisotopic (exact) mass is 297 g/mol. The molecule has 0 aromatic heterocycles. The highest BCUT2D eigenvalue weighted by atomic mass is 35.5. The van der Waals surface area contributed by atoms with Gasteiger partial charge in [0, 0.05) is 44.4 Å². The molecule has 1 aromatic carbocycles. The van der Waals surface area contributed by atoms with Crippen LogP contribution in [0.1, 0.15) is 19.4 Å². The summed E-state index contributed by atoms with van der Waals surface area (Å²) in [7, 11) is 0. The Morgan fingerprint density at radius 3 is 2.30 bits per heavy atom. The molecule has 0 radical (unpaired) electrons. The van der Waals surface area contributed by atoms with Crippen LogP contribution in [0.5, 0.6) is 0 Å². The molecule has 0 atom stereocenters. The maximum absolute atomic E-state index is 10.8. The van der Waals surface area contributed by atoms with Crippen molar-refractivity contribution >= 4 is 23.0 Å². The van der Waals surface area contributed by atoms with Crippen LogP contribution in [0.4, 0.5) is 11.4 Å². The first kappa shape index (κ1) is 15.1. The van der Waals surface area contributed by atoms with E-state index in [2.05, 4.69) is 23.6 Å². The Labute approximate surface area is 124 Å². The van der Waals surface area contributed by atoms with Crippen LogP contribution in [0.15, 0.2) is 12.1 Å². The first-order valence-electron chi connectivity index (χ1n) is 6.83. The Hall–Kier alpha value is -1.33. The number of hydrogen-bond donors (Lipinski definition) is 0. The van der Waals surface area contributed by atoms with E-state index in [9.17, 15) is 10.1 Å². The second-order valence-corrected chi connectivity index (χ2v) is 5.87. The van der Waals surface area contributed by atoms with Gasteiger partial charge in [0.15, 0.2) is 0 Å². The topological polar surface area (TPSA) is 49.6 Å². The van der Waals surface area contributed by atoms with E-state index in [1.165, 1.54) is 6.07 Å². The summed E-state index contributed by atoms with van der Waals surface area (Å²) in [5, 5.41) is 11.3. The van der Waals surface area contributed by atoms with Gasteiger partial charge < -0.3 is 4.90 Å². The molecule has 0 aliphatic carbocycles. The molecule has 0 spiro atoms. The van der Waals surface area contributed by atoms with Crippen LogP contribution in [0.3, 0.4) is 0 Å². The molecule has 0 amide bonds. The number of benzene rings is 1. The maximum Gasteiger partial charge on any atom is 0.271 e. The third-order valence-electron chi connectivity index (χ3n) is 3.81. The minimum Gasteiger partial charge on any atom is -0.368 e. The fourth-order valence-corrected chi connectivity index (χ4v) is 3.07. The van der Waals surface area contributed by atoms with E-state index in [1.54, 1.807) is 6.07 Å². The minimum atomic E-state index is -0.403. The van der Waals surface area contributed by atoms with E-state index in [-0.39, 0.29) is 5.69 Å². The first-order chi connectivity index (χ1) is 9.40. The summed E-state index contributed by atoms with van der Waals surface area (Å²) in [6, 6.07) is 3.58. The fraction of sp³-hybridized carbons (Fsp3) is 0.571. The third-order valence-corrected chi connectivity index (χ3v) is 4.10. The van der Waals surface area contributed by atoms with Crippen molar-refractivity contribution in [1.29, 1.82) is 0 Å². The van der Waals surface area contributed by atoms with Gasteiger partial charge in [0.25, 0.3) is 5.69 Å². The summed E-state index contributed by atoms with van der Waals surface area (Å²) < 4.78 is 0. The van der Waals surface area contributed by atoms with Gasteiger partial charge in [-0.1, -0.05) is 11.6 Å². The third kappa shape index (κ3) is 3.04. The fourth-order valence-electron chi connectivity index (χ4n) is 2.69. The molecule has 110 valence electrons. The van der Waals surface area contributed by atoms with Gasteiger partial charge in [-0.2, -0.15) is 0 Å². The number of nitro benzene ring substituents is 1. The molecule has 1 aromatic rings. The van der Waals surface area contributed by atoms with Gasteiger partial charge >= 0.3 is 0 Å². The molecule has 0 N–H and O–H groups in total. The van der Waals surface area contributed by atoms with Crippen molar-refractivity contribution in [3.8, 4) is 0 Å². The molecule has 0 bridgehead atoms. The van der Waals surface area contributed by atoms with E-state index in [1.807, 2.05) is 6.92 Å². The largest absolute Gasteiger partial charge is 0.368 e. The molecule has 2 rings (SSSR count). The van der Waals surface area contributed by atoms with Gasteiger partial charge in [0.2, 0.25) is 0 Å². The van der Waals surface area contributed by atoms with Gasteiger partial charge in [-0.25, -0.2) is 0 Å². The predicted molar refractivity (Wildman–Crippen MR) is 81.8 cm³/mol. The van der Waals surface area contributed by atoms with Crippen LogP contribution < -0.4 is 4.90 Å². The number of hydrogen-bond acceptors (Lipinski definition) is 4. The van der Waals surface area contributed by atoms with Crippen LogP contribution in [0.25, 0.3) is 0 Å². The minimum absolute atomic E-state index is 0.0528. The van der Waals surface area contributed by atoms with Gasteiger partial charge in [0.05, 0.1) is 15.6 Å². The van der Waals surface area contributed by atoms with Crippen molar-refractivity contribution in [3.05, 3.63) is 32.8 Å². The lowest BCUT2D eigenvalue weighted by molar-refractivity contribution is -0.384. The van der Waals surface area contributed by atoms with Crippen LogP contribution in [-0.2, 0) is 0 Å². The molecule has 1 fully saturated rings. The first-order valence-corrected chi connectivity index (χ1v) is 7.21. The van der Waals surface area contributed by atoms with Crippen molar-refractivity contribution in [2.45, 2.75) is 26.8 Å². The second-order valence-electron chi connectivity index (χ2n) is 5.47. The molecule has 0 unspecified atom stereocenters. The molecule has 1 aliphatic rings. The number of aryl methyl sites for hydroxylation is 1. The highest BCUT2D eigenvalue weighted by molar-refractivity contribution is 6.33. The normalized spacial score (nSPS) is 16.8. The number of nitro groups is 1. The average molecular weight is 298 g/mol. The SMILES string of the molecule is Cc1cc([N+](=O)[O-])cc(Cl)c1N1CCN(C(C)C)CC1.